The lowest BCUT2D eigenvalue weighted by molar-refractivity contribution is 0.710. The highest BCUT2D eigenvalue weighted by Crippen LogP contribution is 2.19. The van der Waals surface area contributed by atoms with Crippen LogP contribution < -0.4 is 9.90 Å². The average Bonchev–Trinajstić information content (AvgIpc) is 2.41. The highest BCUT2D eigenvalue weighted by Gasteiger charge is 2.37. The summed E-state index contributed by atoms with van der Waals surface area (Å²) in [6, 6.07) is 9.56. The first-order chi connectivity index (χ1) is 10.5. The fraction of sp³-hybridized carbons (Fsp3) is 0.438. The molecule has 0 unspecified atom stereocenters. The van der Waals surface area contributed by atoms with Crippen LogP contribution in [0.1, 0.15) is 5.82 Å². The van der Waals surface area contributed by atoms with Crippen molar-refractivity contribution in [2.45, 2.75) is 46.2 Å². The number of hydrogen-bond donors (Lipinski definition) is 0. The Kier molecular flexibility index (Phi) is 4.63. The molecule has 0 amide bonds. The summed E-state index contributed by atoms with van der Waals surface area (Å²) in [5.41, 5.74) is 1.15. The number of aromatic nitrogens is 3. The lowest BCUT2D eigenvalue weighted by Crippen LogP contribution is -2.68. The van der Waals surface area contributed by atoms with Crippen molar-refractivity contribution in [3.63, 3.8) is 0 Å². The molecule has 0 atom stereocenters. The van der Waals surface area contributed by atoms with E-state index < -0.39 is 16.5 Å². The summed E-state index contributed by atoms with van der Waals surface area (Å²) in [6.45, 7) is 15.4. The van der Waals surface area contributed by atoms with Crippen LogP contribution >= 0.6 is 0 Å². The Bertz CT molecular complexity index is 731. The van der Waals surface area contributed by atoms with Gasteiger partial charge in [-0.1, -0.05) is 69.6 Å². The summed E-state index contributed by atoms with van der Waals surface area (Å²) < 4.78 is 4.13. The smallest absolute Gasteiger partial charge is 0.297 e. The number of aryl methyl sites for hydroxylation is 1. The molecule has 124 valence electrons. The van der Waals surface area contributed by atoms with E-state index in [4.69, 9.17) is 0 Å². The molecule has 23 heavy (non-hydrogen) atoms. The lowest BCUT2D eigenvalue weighted by atomic mass is 10.2. The Labute approximate surface area is 140 Å². The van der Waals surface area contributed by atoms with Crippen LogP contribution in [0, 0.1) is 6.92 Å². The molecule has 0 aliphatic heterocycles. The quantitative estimate of drug-likeness (QED) is 0.798. The third-order valence-electron chi connectivity index (χ3n) is 3.51. The topological polar surface area (TPSA) is 51.0 Å². The van der Waals surface area contributed by atoms with Crippen molar-refractivity contribution >= 4 is 16.5 Å². The van der Waals surface area contributed by atoms with E-state index in [1.165, 1.54) is 0 Å². The molecule has 0 bridgehead atoms. The number of hydrogen-bond acceptors (Lipinski definition) is 4. The van der Waals surface area contributed by atoms with Gasteiger partial charge in [0.2, 0.25) is 0 Å². The number of benzene rings is 1. The molecule has 2 rings (SSSR count). The van der Waals surface area contributed by atoms with E-state index in [0.29, 0.717) is 11.5 Å². The molecule has 0 radical (unpaired) electrons. The molecule has 0 N–H and O–H groups in total. The van der Waals surface area contributed by atoms with Crippen LogP contribution in [0.4, 0.5) is 0 Å². The monoisotopic (exact) mass is 346 g/mol. The largest absolute Gasteiger partial charge is 0.360 e. The molecule has 0 aliphatic rings. The van der Waals surface area contributed by atoms with Gasteiger partial charge >= 0.3 is 0 Å². The standard InChI is InChI=1S/C16H26N4OSi2/c1-13-17-18-15(14-11-9-8-10-12-14)16(21)19(13)20(22(2,3)4)23(5,6)7/h8-12H,1-7H3. The van der Waals surface area contributed by atoms with Gasteiger partial charge in [-0.3, -0.25) is 4.79 Å². The predicted molar refractivity (Wildman–Crippen MR) is 101 cm³/mol. The van der Waals surface area contributed by atoms with Crippen molar-refractivity contribution in [1.29, 1.82) is 0 Å². The Balaban J connectivity index is 2.75. The Hall–Kier alpha value is -1.74. The predicted octanol–water partition coefficient (Wildman–Crippen LogP) is 3.22. The lowest BCUT2D eigenvalue weighted by Gasteiger charge is -2.46. The molecule has 2 aromatic rings. The normalized spacial score (nSPS) is 12.3. The molecule has 0 fully saturated rings. The third-order valence-corrected chi connectivity index (χ3v) is 10.5. The van der Waals surface area contributed by atoms with Crippen molar-refractivity contribution in [2.24, 2.45) is 0 Å². The summed E-state index contributed by atoms with van der Waals surface area (Å²) in [5, 5.41) is 8.46. The maximum atomic E-state index is 13.2. The Morgan fingerprint density at radius 3 is 1.91 bits per heavy atom. The average molecular weight is 347 g/mol. The van der Waals surface area contributed by atoms with Crippen molar-refractivity contribution in [1.82, 2.24) is 14.9 Å². The van der Waals surface area contributed by atoms with Crippen LogP contribution in [-0.2, 0) is 0 Å². The third kappa shape index (κ3) is 3.61. The fourth-order valence-corrected chi connectivity index (χ4v) is 12.8. The highest BCUT2D eigenvalue weighted by molar-refractivity contribution is 6.97. The van der Waals surface area contributed by atoms with Gasteiger partial charge in [-0.05, 0) is 6.92 Å². The van der Waals surface area contributed by atoms with Crippen molar-refractivity contribution in [3.05, 3.63) is 46.5 Å². The minimum Gasteiger partial charge on any atom is -0.360 e. The van der Waals surface area contributed by atoms with E-state index in [1.807, 2.05) is 37.3 Å². The fourth-order valence-electron chi connectivity index (χ4n) is 3.07. The van der Waals surface area contributed by atoms with Gasteiger partial charge in [-0.2, -0.15) is 0 Å². The van der Waals surface area contributed by atoms with Crippen LogP contribution in [0.3, 0.4) is 0 Å². The summed E-state index contributed by atoms with van der Waals surface area (Å²) >= 11 is 0. The second-order valence-corrected chi connectivity index (χ2v) is 17.7. The van der Waals surface area contributed by atoms with Crippen molar-refractivity contribution < 1.29 is 0 Å². The van der Waals surface area contributed by atoms with Crippen molar-refractivity contribution in [2.75, 3.05) is 4.34 Å². The summed E-state index contributed by atoms with van der Waals surface area (Å²) in [5.74, 6) is 0.652. The van der Waals surface area contributed by atoms with E-state index in [9.17, 15) is 4.79 Å². The zero-order valence-corrected chi connectivity index (χ0v) is 17.1. The molecule has 7 heteroatoms. The number of nitrogens with zero attached hydrogens (tertiary/aromatic N) is 4. The summed E-state index contributed by atoms with van der Waals surface area (Å²) in [4.78, 5) is 13.2. The molecular weight excluding hydrogens is 320 g/mol. The van der Waals surface area contributed by atoms with Crippen LogP contribution in [-0.4, -0.2) is 31.3 Å². The van der Waals surface area contributed by atoms with Gasteiger partial charge in [-0.15, -0.1) is 10.2 Å². The van der Waals surface area contributed by atoms with E-state index in [1.54, 1.807) is 4.68 Å². The summed E-state index contributed by atoms with van der Waals surface area (Å²) in [7, 11) is -3.52. The molecule has 0 aliphatic carbocycles. The molecule has 1 aromatic carbocycles. The molecule has 1 heterocycles. The van der Waals surface area contributed by atoms with Gasteiger partial charge in [-0.25, -0.2) is 4.68 Å². The van der Waals surface area contributed by atoms with Crippen molar-refractivity contribution in [3.8, 4) is 11.3 Å². The Morgan fingerprint density at radius 2 is 1.43 bits per heavy atom. The van der Waals surface area contributed by atoms with E-state index in [2.05, 4.69) is 53.8 Å². The van der Waals surface area contributed by atoms with Gasteiger partial charge in [0.25, 0.3) is 5.56 Å². The van der Waals surface area contributed by atoms with Gasteiger partial charge < -0.3 is 4.34 Å². The van der Waals surface area contributed by atoms with Crippen LogP contribution in [0.15, 0.2) is 35.1 Å². The molecular formula is C16H26N4OSi2. The second-order valence-electron chi connectivity index (χ2n) is 7.73. The Morgan fingerprint density at radius 1 is 0.913 bits per heavy atom. The van der Waals surface area contributed by atoms with E-state index in [0.717, 1.165) is 5.56 Å². The molecule has 1 aromatic heterocycles. The highest BCUT2D eigenvalue weighted by atomic mass is 28.4. The van der Waals surface area contributed by atoms with Crippen LogP contribution in [0.25, 0.3) is 11.3 Å². The minimum atomic E-state index is -1.76. The summed E-state index contributed by atoms with van der Waals surface area (Å²) in [6.07, 6.45) is 0. The van der Waals surface area contributed by atoms with Crippen LogP contribution in [0.2, 0.25) is 39.3 Å². The zero-order chi connectivity index (χ0) is 17.4. The molecule has 0 saturated heterocycles. The first kappa shape index (κ1) is 17.6. The SMILES string of the molecule is Cc1nnc(-c2ccccc2)c(=O)n1N([Si](C)(C)C)[Si](C)(C)C. The molecule has 0 saturated carbocycles. The van der Waals surface area contributed by atoms with Gasteiger partial charge in [0.15, 0.2) is 22.2 Å². The maximum absolute atomic E-state index is 13.2. The second kappa shape index (κ2) is 6.05. The minimum absolute atomic E-state index is 0.0754. The maximum Gasteiger partial charge on any atom is 0.297 e. The number of rotatable bonds is 4. The van der Waals surface area contributed by atoms with Gasteiger partial charge in [0.1, 0.15) is 5.82 Å². The molecule has 0 spiro atoms. The van der Waals surface area contributed by atoms with Gasteiger partial charge in [0.05, 0.1) is 0 Å². The first-order valence-electron chi connectivity index (χ1n) is 7.86. The van der Waals surface area contributed by atoms with E-state index in [-0.39, 0.29) is 5.56 Å². The van der Waals surface area contributed by atoms with Gasteiger partial charge in [0, 0.05) is 5.56 Å². The van der Waals surface area contributed by atoms with E-state index >= 15 is 0 Å². The first-order valence-corrected chi connectivity index (χ1v) is 14.8. The van der Waals surface area contributed by atoms with Crippen LogP contribution in [0.5, 0.6) is 0 Å². The zero-order valence-electron chi connectivity index (χ0n) is 15.1. The molecule has 5 nitrogen and oxygen atoms in total.